The third kappa shape index (κ3) is 6.16. The minimum atomic E-state index is -0.634. The van der Waals surface area contributed by atoms with Crippen molar-refractivity contribution in [3.05, 3.63) is 40.9 Å². The highest BCUT2D eigenvalue weighted by molar-refractivity contribution is 6.29. The van der Waals surface area contributed by atoms with Crippen LogP contribution in [0.5, 0.6) is 0 Å². The molecule has 10 nitrogen and oxygen atoms in total. The number of hydrogen-bond acceptors (Lipinski definition) is 8. The van der Waals surface area contributed by atoms with Crippen LogP contribution in [0.3, 0.4) is 0 Å². The Bertz CT molecular complexity index is 1010. The molecule has 33 heavy (non-hydrogen) atoms. The van der Waals surface area contributed by atoms with Gasteiger partial charge >= 0.3 is 6.09 Å². The lowest BCUT2D eigenvalue weighted by atomic mass is 9.99. The van der Waals surface area contributed by atoms with Gasteiger partial charge in [-0.05, 0) is 44.5 Å². The summed E-state index contributed by atoms with van der Waals surface area (Å²) in [5.41, 5.74) is 1.13. The number of carbonyl (C=O) groups is 2. The summed E-state index contributed by atoms with van der Waals surface area (Å²) in [7, 11) is 3.08. The number of ether oxygens (including phenoxy) is 3. The average molecular weight is 478 g/mol. The van der Waals surface area contributed by atoms with Gasteiger partial charge in [0.2, 0.25) is 0 Å². The molecule has 0 aliphatic carbocycles. The van der Waals surface area contributed by atoms with E-state index >= 15 is 0 Å². The van der Waals surface area contributed by atoms with Crippen LogP contribution < -0.4 is 5.32 Å². The quantitative estimate of drug-likeness (QED) is 0.653. The largest absolute Gasteiger partial charge is 0.444 e. The number of aromatic nitrogens is 3. The molecule has 2 aromatic heterocycles. The minimum Gasteiger partial charge on any atom is -0.444 e. The van der Waals surface area contributed by atoms with Crippen LogP contribution in [0.25, 0.3) is 11.4 Å². The number of rotatable bonds is 5. The zero-order valence-electron chi connectivity index (χ0n) is 19.3. The maximum atomic E-state index is 12.9. The second-order valence-corrected chi connectivity index (χ2v) is 8.85. The van der Waals surface area contributed by atoms with Crippen molar-refractivity contribution in [3.63, 3.8) is 0 Å². The number of hydrogen-bond donors (Lipinski definition) is 1. The predicted octanol–water partition coefficient (Wildman–Crippen LogP) is 2.88. The van der Waals surface area contributed by atoms with Crippen molar-refractivity contribution >= 4 is 23.6 Å². The molecule has 11 heteroatoms. The molecule has 1 aliphatic heterocycles. The molecule has 0 saturated carbocycles. The molecule has 2 atom stereocenters. The van der Waals surface area contributed by atoms with Crippen LogP contribution in [0.4, 0.5) is 4.79 Å². The SMILES string of the molecule is CNC(=O)c1cc(-c2cc(C3OCCN(C(=O)OC(C)(C)C)C3COC)cc(Cl)n2)ncn1. The van der Waals surface area contributed by atoms with Crippen molar-refractivity contribution in [2.24, 2.45) is 0 Å². The molecule has 2 aromatic rings. The first-order chi connectivity index (χ1) is 15.6. The maximum Gasteiger partial charge on any atom is 0.410 e. The Balaban J connectivity index is 1.97. The average Bonchev–Trinajstić information content (AvgIpc) is 2.77. The molecule has 1 aliphatic rings. The molecule has 0 radical (unpaired) electrons. The van der Waals surface area contributed by atoms with Gasteiger partial charge in [0, 0.05) is 20.7 Å². The molecule has 1 saturated heterocycles. The molecule has 0 spiro atoms. The van der Waals surface area contributed by atoms with Crippen LogP contribution >= 0.6 is 11.6 Å². The van der Waals surface area contributed by atoms with Crippen molar-refractivity contribution < 1.29 is 23.8 Å². The zero-order chi connectivity index (χ0) is 24.2. The fraction of sp³-hybridized carbons (Fsp3) is 0.500. The van der Waals surface area contributed by atoms with E-state index in [9.17, 15) is 9.59 Å². The Kier molecular flexibility index (Phi) is 7.83. The fourth-order valence-corrected chi connectivity index (χ4v) is 3.71. The van der Waals surface area contributed by atoms with Gasteiger partial charge in [0.1, 0.15) is 28.9 Å². The molecule has 3 rings (SSSR count). The number of carbonyl (C=O) groups excluding carboxylic acids is 2. The number of amides is 2. The molecule has 0 aromatic carbocycles. The predicted molar refractivity (Wildman–Crippen MR) is 121 cm³/mol. The smallest absolute Gasteiger partial charge is 0.410 e. The summed E-state index contributed by atoms with van der Waals surface area (Å²) in [5.74, 6) is -0.343. The summed E-state index contributed by atoms with van der Waals surface area (Å²) in [4.78, 5) is 39.0. The van der Waals surface area contributed by atoms with E-state index < -0.39 is 23.8 Å². The van der Waals surface area contributed by atoms with E-state index in [4.69, 9.17) is 25.8 Å². The van der Waals surface area contributed by atoms with Gasteiger partial charge in [-0.2, -0.15) is 0 Å². The highest BCUT2D eigenvalue weighted by Gasteiger charge is 2.38. The number of nitrogens with zero attached hydrogens (tertiary/aromatic N) is 4. The molecule has 3 heterocycles. The number of methoxy groups -OCH3 is 1. The van der Waals surface area contributed by atoms with E-state index in [-0.39, 0.29) is 23.4 Å². The van der Waals surface area contributed by atoms with Crippen LogP contribution in [0, 0.1) is 0 Å². The van der Waals surface area contributed by atoms with Gasteiger partial charge in [0.05, 0.1) is 30.6 Å². The normalized spacial score (nSPS) is 18.7. The van der Waals surface area contributed by atoms with E-state index in [0.717, 1.165) is 0 Å². The van der Waals surface area contributed by atoms with E-state index in [0.29, 0.717) is 30.1 Å². The molecule has 178 valence electrons. The van der Waals surface area contributed by atoms with Gasteiger partial charge in [-0.25, -0.2) is 19.7 Å². The van der Waals surface area contributed by atoms with Gasteiger partial charge < -0.3 is 19.5 Å². The summed E-state index contributed by atoms with van der Waals surface area (Å²) in [6.07, 6.45) is 0.312. The summed E-state index contributed by atoms with van der Waals surface area (Å²) in [5, 5.41) is 2.75. The van der Waals surface area contributed by atoms with Gasteiger partial charge in [0.15, 0.2) is 0 Å². The molecule has 1 N–H and O–H groups in total. The summed E-state index contributed by atoms with van der Waals surface area (Å²) < 4.78 is 17.0. The lowest BCUT2D eigenvalue weighted by Gasteiger charge is -2.41. The summed E-state index contributed by atoms with van der Waals surface area (Å²) in [6.45, 7) is 6.36. The molecule has 2 amide bonds. The van der Waals surface area contributed by atoms with Crippen LogP contribution in [0.2, 0.25) is 5.15 Å². The van der Waals surface area contributed by atoms with Gasteiger partial charge in [0.25, 0.3) is 5.91 Å². The monoisotopic (exact) mass is 477 g/mol. The molecular weight excluding hydrogens is 450 g/mol. The number of pyridine rings is 1. The number of nitrogens with one attached hydrogen (secondary N) is 1. The highest BCUT2D eigenvalue weighted by atomic mass is 35.5. The third-order valence-electron chi connectivity index (χ3n) is 4.88. The van der Waals surface area contributed by atoms with Crippen molar-refractivity contribution in [3.8, 4) is 11.4 Å². The van der Waals surface area contributed by atoms with Crippen LogP contribution in [-0.2, 0) is 14.2 Å². The molecule has 2 unspecified atom stereocenters. The number of morpholine rings is 1. The Morgan fingerprint density at radius 3 is 2.67 bits per heavy atom. The Morgan fingerprint density at radius 2 is 2.00 bits per heavy atom. The standard InChI is InChI=1S/C22H28ClN5O5/c1-22(2,3)33-21(30)28-6-7-32-19(17(28)11-31-5)13-8-15(27-18(23)9-13)14-10-16(20(29)24-4)26-12-25-14/h8-10,12,17,19H,6-7,11H2,1-5H3,(H,24,29). The van der Waals surface area contributed by atoms with Crippen LogP contribution in [-0.4, -0.2) is 77.4 Å². The topological polar surface area (TPSA) is 116 Å². The lowest BCUT2D eigenvalue weighted by Crippen LogP contribution is -2.53. The first-order valence-electron chi connectivity index (χ1n) is 10.4. The van der Waals surface area contributed by atoms with Gasteiger partial charge in [-0.15, -0.1) is 0 Å². The lowest BCUT2D eigenvalue weighted by molar-refractivity contribution is -0.0941. The summed E-state index contributed by atoms with van der Waals surface area (Å²) >= 11 is 6.33. The number of halogens is 1. The second-order valence-electron chi connectivity index (χ2n) is 8.46. The first-order valence-corrected chi connectivity index (χ1v) is 10.8. The van der Waals surface area contributed by atoms with Crippen molar-refractivity contribution in [2.75, 3.05) is 33.9 Å². The zero-order valence-corrected chi connectivity index (χ0v) is 20.0. The minimum absolute atomic E-state index is 0.202. The van der Waals surface area contributed by atoms with E-state index in [2.05, 4.69) is 20.3 Å². The Labute approximate surface area is 197 Å². The molecule has 0 bridgehead atoms. The Hall–Kier alpha value is -2.82. The van der Waals surface area contributed by atoms with E-state index in [1.807, 2.05) is 20.8 Å². The second kappa shape index (κ2) is 10.4. The fourth-order valence-electron chi connectivity index (χ4n) is 3.49. The van der Waals surface area contributed by atoms with E-state index in [1.54, 1.807) is 24.1 Å². The molecule has 1 fully saturated rings. The van der Waals surface area contributed by atoms with E-state index in [1.165, 1.54) is 19.4 Å². The van der Waals surface area contributed by atoms with Crippen LogP contribution in [0.15, 0.2) is 24.5 Å². The summed E-state index contributed by atoms with van der Waals surface area (Å²) in [6, 6.07) is 4.53. The Morgan fingerprint density at radius 1 is 1.24 bits per heavy atom. The molecular formula is C22H28ClN5O5. The third-order valence-corrected chi connectivity index (χ3v) is 5.07. The van der Waals surface area contributed by atoms with Crippen molar-refractivity contribution in [2.45, 2.75) is 38.5 Å². The first kappa shape index (κ1) is 24.8. The van der Waals surface area contributed by atoms with Crippen molar-refractivity contribution in [1.82, 2.24) is 25.2 Å². The van der Waals surface area contributed by atoms with Gasteiger partial charge in [-0.1, -0.05) is 11.6 Å². The highest BCUT2D eigenvalue weighted by Crippen LogP contribution is 2.33. The van der Waals surface area contributed by atoms with Crippen molar-refractivity contribution in [1.29, 1.82) is 0 Å². The van der Waals surface area contributed by atoms with Gasteiger partial charge in [-0.3, -0.25) is 9.69 Å². The maximum absolute atomic E-state index is 12.9. The van der Waals surface area contributed by atoms with Crippen LogP contribution in [0.1, 0.15) is 42.9 Å².